The van der Waals surface area contributed by atoms with Gasteiger partial charge in [-0.2, -0.15) is 0 Å². The summed E-state index contributed by atoms with van der Waals surface area (Å²) in [6.45, 7) is 14.0. The van der Waals surface area contributed by atoms with E-state index in [1.54, 1.807) is 10.8 Å². The van der Waals surface area contributed by atoms with Gasteiger partial charge in [-0.25, -0.2) is 0 Å². The van der Waals surface area contributed by atoms with Gasteiger partial charge in [-0.3, -0.25) is 4.98 Å². The molecule has 2 aliphatic heterocycles. The summed E-state index contributed by atoms with van der Waals surface area (Å²) >= 11 is 0. The van der Waals surface area contributed by atoms with Crippen LogP contribution in [0.25, 0.3) is 83.6 Å². The summed E-state index contributed by atoms with van der Waals surface area (Å²) in [5, 5.41) is 3.83. The minimum atomic E-state index is -1.23. The maximum absolute atomic E-state index is 6.73. The van der Waals surface area contributed by atoms with Crippen molar-refractivity contribution in [1.29, 1.82) is 0 Å². The van der Waals surface area contributed by atoms with Crippen molar-refractivity contribution in [1.82, 2.24) is 14.5 Å². The second-order valence-corrected chi connectivity index (χ2v) is 25.1. The fourth-order valence-corrected chi connectivity index (χ4v) is 17.1. The van der Waals surface area contributed by atoms with Crippen molar-refractivity contribution in [3.05, 3.63) is 193 Å². The standard InChI is InChI=1S/C43H35N2O.C20H24NSi.Ir/c1-27(2)36-24-32(30-16-9-6-10-17-30)25-37(28(3)4)41(36)45-39-21-12-11-20-38(39)44-43(45)35-19-13-18-34-33-23-22-31(26-40(33)46-42(34)35)29-14-7-5-8-15-29;1-20(2)10-13-22(11-6-7-12-22)19-15-21-18(14-17(19)20)16-8-4-3-5-9-16;/h5-18,20-28H,1-4H3;3-5,8,14-15H,6-7,10-13H2,1-2H3;/q2*-1;. The van der Waals surface area contributed by atoms with E-state index in [4.69, 9.17) is 14.4 Å². The number of benzene rings is 7. The summed E-state index contributed by atoms with van der Waals surface area (Å²) in [5.74, 6) is 1.41. The van der Waals surface area contributed by atoms with Crippen LogP contribution < -0.4 is 5.19 Å². The second kappa shape index (κ2) is 19.0. The van der Waals surface area contributed by atoms with E-state index in [2.05, 4.69) is 198 Å². The number of fused-ring (bicyclic) bond motifs is 6. The number of hydrogen-bond donors (Lipinski definition) is 0. The van der Waals surface area contributed by atoms with E-state index in [1.807, 2.05) is 24.3 Å². The Hall–Kier alpha value is -6.17. The molecule has 4 nitrogen and oxygen atoms in total. The molecule has 3 aromatic heterocycles. The second-order valence-electron chi connectivity index (χ2n) is 20.5. The Morgan fingerprint density at radius 3 is 1.99 bits per heavy atom. The smallest absolute Gasteiger partial charge is 0.121 e. The number of imidazole rings is 1. The van der Waals surface area contributed by atoms with Crippen molar-refractivity contribution in [3.8, 4) is 50.6 Å². The average Bonchev–Trinajstić information content (AvgIpc) is 4.12. The summed E-state index contributed by atoms with van der Waals surface area (Å²) in [7, 11) is -1.23. The van der Waals surface area contributed by atoms with Gasteiger partial charge in [0, 0.05) is 37.4 Å². The van der Waals surface area contributed by atoms with Crippen LogP contribution in [-0.4, -0.2) is 22.6 Å². The van der Waals surface area contributed by atoms with Gasteiger partial charge < -0.3 is 14.0 Å². The Morgan fingerprint density at radius 2 is 1.30 bits per heavy atom. The van der Waals surface area contributed by atoms with Crippen LogP contribution >= 0.6 is 0 Å². The first-order chi connectivity index (χ1) is 33.1. The van der Waals surface area contributed by atoms with E-state index in [-0.39, 0.29) is 31.9 Å². The molecule has 347 valence electrons. The van der Waals surface area contributed by atoms with Crippen LogP contribution in [0, 0.1) is 12.1 Å². The van der Waals surface area contributed by atoms with Crippen molar-refractivity contribution in [2.24, 2.45) is 0 Å². The largest absolute Gasteiger partial charge is 0.501 e. The van der Waals surface area contributed by atoms with Gasteiger partial charge in [0.2, 0.25) is 0 Å². The van der Waals surface area contributed by atoms with E-state index in [0.29, 0.717) is 5.41 Å². The Labute approximate surface area is 422 Å². The molecule has 0 unspecified atom stereocenters. The molecule has 7 aromatic carbocycles. The van der Waals surface area contributed by atoms with Gasteiger partial charge in [0.15, 0.2) is 0 Å². The molecule has 1 spiro atoms. The van der Waals surface area contributed by atoms with Crippen LogP contribution in [0.5, 0.6) is 0 Å². The van der Waals surface area contributed by atoms with Crippen molar-refractivity contribution >= 4 is 46.2 Å². The summed E-state index contributed by atoms with van der Waals surface area (Å²) in [5.41, 5.74) is 17.2. The molecule has 5 heterocycles. The summed E-state index contributed by atoms with van der Waals surface area (Å²) in [6.07, 6.45) is 6.50. The molecular weight excluding hydrogens is 1040 g/mol. The molecular formula is C63H59IrN3OSi-2. The number of furan rings is 1. The van der Waals surface area contributed by atoms with E-state index in [9.17, 15) is 0 Å². The number of aromatic nitrogens is 3. The topological polar surface area (TPSA) is 43.9 Å². The molecule has 0 saturated carbocycles. The predicted octanol–water partition coefficient (Wildman–Crippen LogP) is 16.7. The number of nitrogens with zero attached hydrogens (tertiary/aromatic N) is 3. The van der Waals surface area contributed by atoms with Gasteiger partial charge in [-0.1, -0.05) is 174 Å². The Bertz CT molecular complexity index is 3410. The molecule has 12 rings (SSSR count). The molecule has 2 aliphatic rings. The van der Waals surface area contributed by atoms with Gasteiger partial charge in [-0.05, 0) is 104 Å². The zero-order chi connectivity index (χ0) is 46.6. The molecule has 1 radical (unpaired) electrons. The van der Waals surface area contributed by atoms with Gasteiger partial charge in [0.05, 0.1) is 30.5 Å². The maximum Gasteiger partial charge on any atom is 0.121 e. The van der Waals surface area contributed by atoms with E-state index in [1.165, 1.54) is 70.9 Å². The van der Waals surface area contributed by atoms with Crippen molar-refractivity contribution in [2.45, 2.75) is 96.2 Å². The minimum absolute atomic E-state index is 0. The third-order valence-corrected chi connectivity index (χ3v) is 20.4. The summed E-state index contributed by atoms with van der Waals surface area (Å²) in [4.78, 5) is 10.1. The van der Waals surface area contributed by atoms with Crippen LogP contribution in [0.15, 0.2) is 168 Å². The number of rotatable bonds is 7. The van der Waals surface area contributed by atoms with E-state index < -0.39 is 8.07 Å². The fourth-order valence-electron chi connectivity index (χ4n) is 11.3. The third kappa shape index (κ3) is 8.56. The number of hydrogen-bond acceptors (Lipinski definition) is 3. The SMILES string of the molecule is CC(C)c1cc(-c2ccccc2)cc(C(C)C)c1-n1c(-c2[c-]ccc3c2oc2cc(-c4ccccc4)ccc23)nc2ccccc21.CC1(C)CC[Si]2(CCCC2)c2cnc(-c3[c-]cccc3)cc21.[Ir]. The van der Waals surface area contributed by atoms with Gasteiger partial charge >= 0.3 is 0 Å². The number of pyridine rings is 1. The molecule has 10 aromatic rings. The van der Waals surface area contributed by atoms with Crippen molar-refractivity contribution < 1.29 is 24.5 Å². The molecule has 0 bridgehead atoms. The van der Waals surface area contributed by atoms with Crippen LogP contribution in [0.2, 0.25) is 18.1 Å². The number of para-hydroxylation sites is 2. The van der Waals surface area contributed by atoms with Crippen LogP contribution in [-0.2, 0) is 25.5 Å². The first-order valence-electron chi connectivity index (χ1n) is 24.7. The van der Waals surface area contributed by atoms with Crippen molar-refractivity contribution in [3.63, 3.8) is 0 Å². The fraction of sp³-hybridized carbons (Fsp3) is 0.238. The van der Waals surface area contributed by atoms with E-state index in [0.717, 1.165) is 61.2 Å². The predicted molar refractivity (Wildman–Crippen MR) is 287 cm³/mol. The van der Waals surface area contributed by atoms with Crippen LogP contribution in [0.3, 0.4) is 0 Å². The summed E-state index contributed by atoms with van der Waals surface area (Å²) < 4.78 is 9.10. The van der Waals surface area contributed by atoms with Crippen LogP contribution in [0.1, 0.15) is 89.3 Å². The maximum atomic E-state index is 6.73. The Balaban J connectivity index is 0.000000201. The average molecular weight is 1090 g/mol. The first kappa shape index (κ1) is 46.6. The van der Waals surface area contributed by atoms with Crippen LogP contribution in [0.4, 0.5) is 0 Å². The molecule has 0 atom stereocenters. The summed E-state index contributed by atoms with van der Waals surface area (Å²) in [6, 6.07) is 66.9. The van der Waals surface area contributed by atoms with E-state index >= 15 is 0 Å². The quantitative estimate of drug-likeness (QED) is 0.118. The van der Waals surface area contributed by atoms with Gasteiger partial charge in [0.1, 0.15) is 5.58 Å². The molecule has 0 N–H and O–H groups in total. The zero-order valence-corrected chi connectivity index (χ0v) is 44.0. The molecule has 1 fully saturated rings. The Kier molecular flexibility index (Phi) is 12.8. The molecule has 1 saturated heterocycles. The molecule has 0 aliphatic carbocycles. The molecule has 6 heteroatoms. The van der Waals surface area contributed by atoms with Gasteiger partial charge in [0.25, 0.3) is 0 Å². The van der Waals surface area contributed by atoms with Crippen molar-refractivity contribution in [2.75, 3.05) is 0 Å². The third-order valence-electron chi connectivity index (χ3n) is 15.0. The Morgan fingerprint density at radius 1 is 0.638 bits per heavy atom. The van der Waals surface area contributed by atoms with Gasteiger partial charge in [-0.15, -0.1) is 54.1 Å². The normalized spacial score (nSPS) is 14.8. The molecule has 69 heavy (non-hydrogen) atoms. The monoisotopic (exact) mass is 1090 g/mol. The molecule has 0 amide bonds. The first-order valence-corrected chi connectivity index (χ1v) is 27.3. The minimum Gasteiger partial charge on any atom is -0.501 e. The zero-order valence-electron chi connectivity index (χ0n) is 40.6.